The van der Waals surface area contributed by atoms with Crippen LogP contribution < -0.4 is 5.32 Å². The first-order chi connectivity index (χ1) is 9.38. The van der Waals surface area contributed by atoms with Gasteiger partial charge in [-0.15, -0.1) is 11.3 Å². The molecule has 0 bridgehead atoms. The van der Waals surface area contributed by atoms with Crippen LogP contribution in [0, 0.1) is 0 Å². The molecule has 3 rings (SSSR count). The molecule has 0 atom stereocenters. The monoisotopic (exact) mass is 292 g/mol. The molecule has 2 aromatic rings. The van der Waals surface area contributed by atoms with Gasteiger partial charge in [-0.2, -0.15) is 11.8 Å². The van der Waals surface area contributed by atoms with Crippen molar-refractivity contribution in [3.05, 3.63) is 34.7 Å². The van der Waals surface area contributed by atoms with Gasteiger partial charge in [0.05, 0.1) is 0 Å². The molecule has 1 aliphatic heterocycles. The van der Waals surface area contributed by atoms with Gasteiger partial charge in [0.15, 0.2) is 0 Å². The topological polar surface area (TPSA) is 15.3 Å². The number of benzene rings is 1. The first-order valence-electron chi connectivity index (χ1n) is 6.82. The van der Waals surface area contributed by atoms with E-state index in [2.05, 4.69) is 46.2 Å². The van der Waals surface area contributed by atoms with Gasteiger partial charge in [0.1, 0.15) is 0 Å². The highest BCUT2D eigenvalue weighted by atomic mass is 32.2. The van der Waals surface area contributed by atoms with Crippen molar-refractivity contribution in [2.24, 2.45) is 0 Å². The molecule has 4 heteroatoms. The van der Waals surface area contributed by atoms with Crippen LogP contribution in [0.3, 0.4) is 0 Å². The highest BCUT2D eigenvalue weighted by Crippen LogP contribution is 2.32. The van der Waals surface area contributed by atoms with E-state index >= 15 is 0 Å². The molecule has 102 valence electrons. The highest BCUT2D eigenvalue weighted by molar-refractivity contribution is 7.99. The van der Waals surface area contributed by atoms with E-state index in [9.17, 15) is 0 Å². The predicted octanol–water partition coefficient (Wildman–Crippen LogP) is 3.17. The SMILES string of the molecule is CNCc1sc2ccccc2c1CN1CCSCC1. The van der Waals surface area contributed by atoms with E-state index in [1.54, 1.807) is 5.56 Å². The van der Waals surface area contributed by atoms with Crippen LogP contribution in [0.5, 0.6) is 0 Å². The summed E-state index contributed by atoms with van der Waals surface area (Å²) in [5, 5.41) is 4.76. The van der Waals surface area contributed by atoms with Crippen LogP contribution in [0.2, 0.25) is 0 Å². The second-order valence-electron chi connectivity index (χ2n) is 4.92. The zero-order valence-electron chi connectivity index (χ0n) is 11.3. The van der Waals surface area contributed by atoms with Crippen LogP contribution in [0.15, 0.2) is 24.3 Å². The summed E-state index contributed by atoms with van der Waals surface area (Å²) < 4.78 is 1.43. The predicted molar refractivity (Wildman–Crippen MR) is 87.2 cm³/mol. The Morgan fingerprint density at radius 1 is 1.21 bits per heavy atom. The molecule has 1 N–H and O–H groups in total. The Kier molecular flexibility index (Phi) is 4.43. The Bertz CT molecular complexity index is 544. The lowest BCUT2D eigenvalue weighted by atomic mass is 10.1. The number of nitrogens with zero attached hydrogens (tertiary/aromatic N) is 1. The summed E-state index contributed by atoms with van der Waals surface area (Å²) in [7, 11) is 2.03. The molecule has 0 spiro atoms. The molecule has 0 unspecified atom stereocenters. The van der Waals surface area contributed by atoms with E-state index < -0.39 is 0 Å². The minimum Gasteiger partial charge on any atom is -0.315 e. The molecule has 0 saturated carbocycles. The van der Waals surface area contributed by atoms with Gasteiger partial charge in [-0.1, -0.05) is 18.2 Å². The Hall–Kier alpha value is -0.550. The van der Waals surface area contributed by atoms with Crippen LogP contribution in [0.1, 0.15) is 10.4 Å². The summed E-state index contributed by atoms with van der Waals surface area (Å²) in [5.41, 5.74) is 1.54. The van der Waals surface area contributed by atoms with Crippen molar-refractivity contribution in [2.45, 2.75) is 13.1 Å². The van der Waals surface area contributed by atoms with Gasteiger partial charge in [0.25, 0.3) is 0 Å². The molecule has 19 heavy (non-hydrogen) atoms. The number of nitrogens with one attached hydrogen (secondary N) is 1. The summed E-state index contributed by atoms with van der Waals surface area (Å²) in [6.07, 6.45) is 0. The fourth-order valence-electron chi connectivity index (χ4n) is 2.61. The number of rotatable bonds is 4. The Labute approximate surface area is 123 Å². The third-order valence-electron chi connectivity index (χ3n) is 3.60. The Morgan fingerprint density at radius 2 is 2.00 bits per heavy atom. The molecule has 1 fully saturated rings. The van der Waals surface area contributed by atoms with Crippen LogP contribution >= 0.6 is 23.1 Å². The van der Waals surface area contributed by atoms with Crippen molar-refractivity contribution < 1.29 is 0 Å². The summed E-state index contributed by atoms with van der Waals surface area (Å²) in [6, 6.07) is 8.82. The quantitative estimate of drug-likeness (QED) is 0.932. The van der Waals surface area contributed by atoms with E-state index in [0.717, 1.165) is 13.1 Å². The summed E-state index contributed by atoms with van der Waals surface area (Å²) in [5.74, 6) is 2.56. The van der Waals surface area contributed by atoms with Gasteiger partial charge < -0.3 is 5.32 Å². The fraction of sp³-hybridized carbons (Fsp3) is 0.467. The fourth-order valence-corrected chi connectivity index (χ4v) is 4.82. The molecule has 1 saturated heterocycles. The molecule has 0 amide bonds. The maximum absolute atomic E-state index is 3.31. The van der Waals surface area contributed by atoms with E-state index in [-0.39, 0.29) is 0 Å². The first-order valence-corrected chi connectivity index (χ1v) is 8.79. The van der Waals surface area contributed by atoms with Crippen LogP contribution in [0.4, 0.5) is 0 Å². The van der Waals surface area contributed by atoms with E-state index in [4.69, 9.17) is 0 Å². The number of thioether (sulfide) groups is 1. The van der Waals surface area contributed by atoms with Crippen LogP contribution in [-0.2, 0) is 13.1 Å². The molecule has 0 radical (unpaired) electrons. The summed E-state index contributed by atoms with van der Waals surface area (Å²) in [6.45, 7) is 4.56. The largest absolute Gasteiger partial charge is 0.315 e. The van der Waals surface area contributed by atoms with Gasteiger partial charge >= 0.3 is 0 Å². The normalized spacial score (nSPS) is 17.1. The van der Waals surface area contributed by atoms with Gasteiger partial charge in [-0.05, 0) is 24.1 Å². The number of thiophene rings is 1. The Morgan fingerprint density at radius 3 is 2.79 bits per heavy atom. The lowest BCUT2D eigenvalue weighted by Crippen LogP contribution is -2.32. The average molecular weight is 292 g/mol. The van der Waals surface area contributed by atoms with Crippen molar-refractivity contribution >= 4 is 33.2 Å². The number of fused-ring (bicyclic) bond motifs is 1. The standard InChI is InChI=1S/C15H20N2S2/c1-16-10-15-13(11-17-6-8-18-9-7-17)12-4-2-3-5-14(12)19-15/h2-5,16H,6-11H2,1H3. The van der Waals surface area contributed by atoms with E-state index in [1.807, 2.05) is 18.4 Å². The van der Waals surface area contributed by atoms with E-state index in [0.29, 0.717) is 0 Å². The van der Waals surface area contributed by atoms with Crippen LogP contribution in [-0.4, -0.2) is 36.5 Å². The lowest BCUT2D eigenvalue weighted by Gasteiger charge is -2.26. The minimum atomic E-state index is 0.983. The van der Waals surface area contributed by atoms with Gasteiger partial charge in [0.2, 0.25) is 0 Å². The van der Waals surface area contributed by atoms with Crippen molar-refractivity contribution in [2.75, 3.05) is 31.6 Å². The van der Waals surface area contributed by atoms with Crippen molar-refractivity contribution in [1.82, 2.24) is 10.2 Å². The Balaban J connectivity index is 1.92. The maximum Gasteiger partial charge on any atom is 0.0349 e. The third kappa shape index (κ3) is 2.97. The molecule has 2 nitrogen and oxygen atoms in total. The summed E-state index contributed by atoms with van der Waals surface area (Å²) in [4.78, 5) is 4.10. The second-order valence-corrected chi connectivity index (χ2v) is 7.28. The molecule has 1 aromatic heterocycles. The second kappa shape index (κ2) is 6.27. The molecular formula is C15H20N2S2. The minimum absolute atomic E-state index is 0.983. The zero-order chi connectivity index (χ0) is 13.1. The van der Waals surface area contributed by atoms with Gasteiger partial charge in [-0.3, -0.25) is 4.90 Å². The molecule has 2 heterocycles. The number of hydrogen-bond donors (Lipinski definition) is 1. The molecule has 1 aromatic carbocycles. The zero-order valence-corrected chi connectivity index (χ0v) is 12.9. The smallest absolute Gasteiger partial charge is 0.0349 e. The van der Waals surface area contributed by atoms with Crippen molar-refractivity contribution in [3.8, 4) is 0 Å². The van der Waals surface area contributed by atoms with E-state index in [1.165, 1.54) is 39.6 Å². The molecule has 1 aliphatic rings. The average Bonchev–Trinajstić information content (AvgIpc) is 2.79. The molecule has 0 aliphatic carbocycles. The number of hydrogen-bond acceptors (Lipinski definition) is 4. The first kappa shape index (κ1) is 13.4. The van der Waals surface area contributed by atoms with Crippen molar-refractivity contribution in [1.29, 1.82) is 0 Å². The highest BCUT2D eigenvalue weighted by Gasteiger charge is 2.16. The maximum atomic E-state index is 3.31. The van der Waals surface area contributed by atoms with Crippen LogP contribution in [0.25, 0.3) is 10.1 Å². The van der Waals surface area contributed by atoms with Crippen molar-refractivity contribution in [3.63, 3.8) is 0 Å². The lowest BCUT2D eigenvalue weighted by molar-refractivity contribution is 0.295. The van der Waals surface area contributed by atoms with Gasteiger partial charge in [-0.25, -0.2) is 0 Å². The van der Waals surface area contributed by atoms with Gasteiger partial charge in [0, 0.05) is 47.3 Å². The third-order valence-corrected chi connectivity index (χ3v) is 5.76. The molecular weight excluding hydrogens is 272 g/mol. The summed E-state index contributed by atoms with van der Waals surface area (Å²) >= 11 is 4.02.